The summed E-state index contributed by atoms with van der Waals surface area (Å²) in [4.78, 5) is 24.3. The number of ketones is 1. The van der Waals surface area contributed by atoms with Crippen LogP contribution in [0.1, 0.15) is 21.5 Å². The first-order valence-corrected chi connectivity index (χ1v) is 6.98. The van der Waals surface area contributed by atoms with Gasteiger partial charge in [-0.3, -0.25) is 4.79 Å². The quantitative estimate of drug-likeness (QED) is 0.525. The van der Waals surface area contributed by atoms with Gasteiger partial charge >= 0.3 is 5.97 Å². The fourth-order valence-corrected chi connectivity index (χ4v) is 2.21. The van der Waals surface area contributed by atoms with Gasteiger partial charge in [0, 0.05) is 22.9 Å². The molecular weight excluding hydrogens is 278 g/mol. The molecule has 1 aliphatic rings. The van der Waals surface area contributed by atoms with Gasteiger partial charge in [0.05, 0.1) is 0 Å². The fourth-order valence-electron chi connectivity index (χ4n) is 2.21. The largest absolute Gasteiger partial charge is 0.456 e. The molecule has 0 aliphatic carbocycles. The molecule has 1 N–H and O–H groups in total. The number of ether oxygens (including phenoxy) is 1. The van der Waals surface area contributed by atoms with Crippen LogP contribution in [0.2, 0.25) is 0 Å². The third-order valence-corrected chi connectivity index (χ3v) is 3.48. The van der Waals surface area contributed by atoms with Crippen molar-refractivity contribution in [1.82, 2.24) is 0 Å². The lowest BCUT2D eigenvalue weighted by Crippen LogP contribution is -2.13. The van der Waals surface area contributed by atoms with E-state index in [4.69, 9.17) is 4.74 Å². The molecule has 0 saturated heterocycles. The molecule has 4 nitrogen and oxygen atoms in total. The predicted molar refractivity (Wildman–Crippen MR) is 83.5 cm³/mol. The number of carbonyl (C=O) groups is 2. The number of hydrogen-bond donors (Lipinski definition) is 1. The zero-order valence-corrected chi connectivity index (χ0v) is 12.1. The molecular formula is C18H15NO3. The van der Waals surface area contributed by atoms with Gasteiger partial charge in [0.2, 0.25) is 0 Å². The normalized spacial score (nSPS) is 15.5. The van der Waals surface area contributed by atoms with Gasteiger partial charge in [-0.15, -0.1) is 0 Å². The van der Waals surface area contributed by atoms with Gasteiger partial charge in [0.25, 0.3) is 0 Å². The van der Waals surface area contributed by atoms with Crippen LogP contribution in [0.5, 0.6) is 0 Å². The third kappa shape index (κ3) is 2.91. The van der Waals surface area contributed by atoms with Crippen molar-refractivity contribution in [3.05, 3.63) is 77.0 Å². The average molecular weight is 293 g/mol. The molecule has 0 saturated carbocycles. The summed E-state index contributed by atoms with van der Waals surface area (Å²) in [6.45, 7) is 2.14. The Kier molecular flexibility index (Phi) is 3.74. The van der Waals surface area contributed by atoms with Crippen LogP contribution in [0, 0.1) is 6.92 Å². The molecule has 1 aliphatic heterocycles. The Morgan fingerprint density at radius 2 is 1.86 bits per heavy atom. The van der Waals surface area contributed by atoms with E-state index in [0.717, 1.165) is 16.8 Å². The number of hydrogen-bond acceptors (Lipinski definition) is 4. The topological polar surface area (TPSA) is 55.4 Å². The maximum absolute atomic E-state index is 12.3. The van der Waals surface area contributed by atoms with Gasteiger partial charge in [-0.05, 0) is 13.0 Å². The zero-order chi connectivity index (χ0) is 15.5. The first-order chi connectivity index (χ1) is 10.6. The molecule has 22 heavy (non-hydrogen) atoms. The summed E-state index contributed by atoms with van der Waals surface area (Å²) in [5, 5.41) is 2.99. The summed E-state index contributed by atoms with van der Waals surface area (Å²) in [5.41, 5.74) is 3.41. The molecule has 1 heterocycles. The molecule has 0 fully saturated rings. The summed E-state index contributed by atoms with van der Waals surface area (Å²) < 4.78 is 5.18. The molecule has 3 rings (SSSR count). The van der Waals surface area contributed by atoms with Crippen LogP contribution in [0.15, 0.2) is 60.3 Å². The van der Waals surface area contributed by atoms with E-state index in [9.17, 15) is 9.59 Å². The van der Waals surface area contributed by atoms with Crippen molar-refractivity contribution >= 4 is 17.4 Å². The number of benzene rings is 2. The Morgan fingerprint density at radius 3 is 2.64 bits per heavy atom. The number of aryl methyl sites for hydroxylation is 1. The first kappa shape index (κ1) is 14.1. The highest BCUT2D eigenvalue weighted by Gasteiger charge is 2.19. The standard InChI is InChI=1S/C18H15NO3/c1-12-6-8-13(9-7-12)17(20)10-16-18(21)22-11-14-4-2-3-5-15(14)19-16/h2-10,19H,11H2,1H3/b16-10-. The van der Waals surface area contributed by atoms with E-state index >= 15 is 0 Å². The molecule has 2 aromatic carbocycles. The fraction of sp³-hybridized carbons (Fsp3) is 0.111. The molecule has 0 unspecified atom stereocenters. The van der Waals surface area contributed by atoms with Gasteiger partial charge in [-0.25, -0.2) is 4.79 Å². The Balaban J connectivity index is 1.90. The number of carbonyl (C=O) groups excluding carboxylic acids is 2. The Bertz CT molecular complexity index is 760. The monoisotopic (exact) mass is 293 g/mol. The van der Waals surface area contributed by atoms with Crippen LogP contribution >= 0.6 is 0 Å². The maximum Gasteiger partial charge on any atom is 0.355 e. The number of rotatable bonds is 2. The van der Waals surface area contributed by atoms with E-state index in [1.54, 1.807) is 12.1 Å². The van der Waals surface area contributed by atoms with E-state index in [1.165, 1.54) is 6.08 Å². The van der Waals surface area contributed by atoms with Crippen molar-refractivity contribution < 1.29 is 14.3 Å². The van der Waals surface area contributed by atoms with Crippen LogP contribution in [-0.2, 0) is 16.1 Å². The highest BCUT2D eigenvalue weighted by Crippen LogP contribution is 2.22. The van der Waals surface area contributed by atoms with Crippen LogP contribution in [0.4, 0.5) is 5.69 Å². The SMILES string of the molecule is Cc1ccc(C(=O)/C=C2\Nc3ccccc3COC2=O)cc1. The number of allylic oxidation sites excluding steroid dienone is 1. The number of para-hydroxylation sites is 1. The zero-order valence-electron chi connectivity index (χ0n) is 12.1. The smallest absolute Gasteiger partial charge is 0.355 e. The molecule has 0 bridgehead atoms. The number of nitrogens with one attached hydrogen (secondary N) is 1. The van der Waals surface area contributed by atoms with Crippen molar-refractivity contribution in [2.45, 2.75) is 13.5 Å². The Labute approximate surface area is 128 Å². The van der Waals surface area contributed by atoms with Crippen molar-refractivity contribution in [1.29, 1.82) is 0 Å². The summed E-state index contributed by atoms with van der Waals surface area (Å²) in [6, 6.07) is 14.7. The van der Waals surface area contributed by atoms with Crippen molar-refractivity contribution in [3.63, 3.8) is 0 Å². The lowest BCUT2D eigenvalue weighted by Gasteiger charge is -2.06. The molecule has 2 aromatic rings. The predicted octanol–water partition coefficient (Wildman–Crippen LogP) is 3.23. The second kappa shape index (κ2) is 5.85. The first-order valence-electron chi connectivity index (χ1n) is 6.98. The van der Waals surface area contributed by atoms with E-state index in [2.05, 4.69) is 5.32 Å². The minimum absolute atomic E-state index is 0.149. The molecule has 0 amide bonds. The highest BCUT2D eigenvalue weighted by atomic mass is 16.5. The Hall–Kier alpha value is -2.88. The van der Waals surface area contributed by atoms with E-state index in [0.29, 0.717) is 5.56 Å². The van der Waals surface area contributed by atoms with Crippen LogP contribution in [0.3, 0.4) is 0 Å². The van der Waals surface area contributed by atoms with Gasteiger partial charge in [-0.2, -0.15) is 0 Å². The van der Waals surface area contributed by atoms with Gasteiger partial charge in [-0.1, -0.05) is 48.0 Å². The lowest BCUT2D eigenvalue weighted by atomic mass is 10.1. The Morgan fingerprint density at radius 1 is 1.14 bits per heavy atom. The van der Waals surface area contributed by atoms with Gasteiger partial charge in [0.1, 0.15) is 12.3 Å². The number of anilines is 1. The van der Waals surface area contributed by atoms with Gasteiger partial charge < -0.3 is 10.1 Å². The molecule has 110 valence electrons. The van der Waals surface area contributed by atoms with E-state index < -0.39 is 5.97 Å². The van der Waals surface area contributed by atoms with Crippen molar-refractivity contribution in [2.75, 3.05) is 5.32 Å². The summed E-state index contributed by atoms with van der Waals surface area (Å²) in [5.74, 6) is -0.768. The number of esters is 1. The van der Waals surface area contributed by atoms with Crippen molar-refractivity contribution in [2.24, 2.45) is 0 Å². The number of cyclic esters (lactones) is 1. The summed E-state index contributed by atoms with van der Waals surface area (Å²) >= 11 is 0. The van der Waals surface area contributed by atoms with Crippen LogP contribution < -0.4 is 5.32 Å². The van der Waals surface area contributed by atoms with Gasteiger partial charge in [0.15, 0.2) is 5.78 Å². The van der Waals surface area contributed by atoms with Crippen molar-refractivity contribution in [3.8, 4) is 0 Å². The van der Waals surface area contributed by atoms with E-state index in [1.807, 2.05) is 43.3 Å². The summed E-state index contributed by atoms with van der Waals surface area (Å²) in [7, 11) is 0. The molecule has 0 atom stereocenters. The molecule has 4 heteroatoms. The number of fused-ring (bicyclic) bond motifs is 1. The third-order valence-electron chi connectivity index (χ3n) is 3.48. The van der Waals surface area contributed by atoms with Crippen LogP contribution in [-0.4, -0.2) is 11.8 Å². The average Bonchev–Trinajstić information content (AvgIpc) is 2.68. The molecule has 0 radical (unpaired) electrons. The highest BCUT2D eigenvalue weighted by molar-refractivity contribution is 6.09. The second-order valence-corrected chi connectivity index (χ2v) is 5.15. The molecule has 0 aromatic heterocycles. The minimum Gasteiger partial charge on any atom is -0.456 e. The molecule has 0 spiro atoms. The lowest BCUT2D eigenvalue weighted by molar-refractivity contribution is -0.139. The summed E-state index contributed by atoms with van der Waals surface area (Å²) in [6.07, 6.45) is 1.29. The maximum atomic E-state index is 12.3. The van der Waals surface area contributed by atoms with Crippen LogP contribution in [0.25, 0.3) is 0 Å². The second-order valence-electron chi connectivity index (χ2n) is 5.15. The minimum atomic E-state index is -0.531. The van der Waals surface area contributed by atoms with E-state index in [-0.39, 0.29) is 18.1 Å².